The first-order valence-electron chi connectivity index (χ1n) is 5.61. The molecular weight excluding hydrogens is 207 g/mol. The van der Waals surface area contributed by atoms with Gasteiger partial charge >= 0.3 is 0 Å². The largest absolute Gasteiger partial charge is 0.389 e. The molecule has 0 aliphatic carbocycles. The smallest absolute Gasteiger partial charge is 0.123 e. The molecule has 1 unspecified atom stereocenters. The van der Waals surface area contributed by atoms with Crippen molar-refractivity contribution in [3.63, 3.8) is 0 Å². The monoisotopic (exact) mass is 224 g/mol. The highest BCUT2D eigenvalue weighted by molar-refractivity contribution is 5.55. The normalized spacial score (nSPS) is 18.6. The number of nitrogens with zero attached hydrogens (tertiary/aromatic N) is 1. The number of aliphatic hydroxyl groups excluding tert-OH is 1. The van der Waals surface area contributed by atoms with Crippen LogP contribution >= 0.6 is 0 Å². The third-order valence-electron chi connectivity index (χ3n) is 2.90. The summed E-state index contributed by atoms with van der Waals surface area (Å²) in [6.07, 6.45) is -0.638. The molecule has 0 spiro atoms. The number of piperazine rings is 1. The molecule has 88 valence electrons. The molecule has 0 amide bonds. The Morgan fingerprint density at radius 2 is 2.06 bits per heavy atom. The van der Waals surface area contributed by atoms with Crippen LogP contribution in [0.4, 0.5) is 10.1 Å². The minimum absolute atomic E-state index is 0.296. The Morgan fingerprint density at radius 1 is 1.38 bits per heavy atom. The highest BCUT2D eigenvalue weighted by Crippen LogP contribution is 2.27. The van der Waals surface area contributed by atoms with E-state index in [-0.39, 0.29) is 5.82 Å². The summed E-state index contributed by atoms with van der Waals surface area (Å²) in [5.41, 5.74) is 1.61. The van der Waals surface area contributed by atoms with Crippen LogP contribution in [0.15, 0.2) is 18.2 Å². The van der Waals surface area contributed by atoms with E-state index in [0.29, 0.717) is 5.56 Å². The number of hydrogen-bond donors (Lipinski definition) is 2. The van der Waals surface area contributed by atoms with Crippen molar-refractivity contribution in [2.24, 2.45) is 0 Å². The van der Waals surface area contributed by atoms with Crippen molar-refractivity contribution in [2.75, 3.05) is 31.1 Å². The average Bonchev–Trinajstić information content (AvgIpc) is 2.30. The van der Waals surface area contributed by atoms with Gasteiger partial charge in [0.2, 0.25) is 0 Å². The summed E-state index contributed by atoms with van der Waals surface area (Å²) in [7, 11) is 0. The molecular formula is C12H17FN2O. The summed E-state index contributed by atoms with van der Waals surface area (Å²) in [4.78, 5) is 2.18. The highest BCUT2D eigenvalue weighted by atomic mass is 19.1. The van der Waals surface area contributed by atoms with E-state index in [2.05, 4.69) is 10.2 Å². The second kappa shape index (κ2) is 4.80. The summed E-state index contributed by atoms with van der Waals surface area (Å²) in [5.74, 6) is -0.296. The number of halogens is 1. The summed E-state index contributed by atoms with van der Waals surface area (Å²) in [6, 6.07) is 4.62. The van der Waals surface area contributed by atoms with Crippen molar-refractivity contribution < 1.29 is 9.50 Å². The number of hydrogen-bond acceptors (Lipinski definition) is 3. The number of benzene rings is 1. The minimum Gasteiger partial charge on any atom is -0.389 e. The lowest BCUT2D eigenvalue weighted by molar-refractivity contribution is 0.199. The van der Waals surface area contributed by atoms with Crippen LogP contribution in [0.2, 0.25) is 0 Å². The van der Waals surface area contributed by atoms with Gasteiger partial charge in [0.05, 0.1) is 6.10 Å². The molecule has 1 aliphatic heterocycles. The van der Waals surface area contributed by atoms with Crippen molar-refractivity contribution in [3.05, 3.63) is 29.6 Å². The predicted molar refractivity (Wildman–Crippen MR) is 62.1 cm³/mol. The predicted octanol–water partition coefficient (Wildman–Crippen LogP) is 1.29. The fourth-order valence-corrected chi connectivity index (χ4v) is 2.05. The van der Waals surface area contributed by atoms with Gasteiger partial charge in [0, 0.05) is 37.4 Å². The molecule has 0 bridgehead atoms. The van der Waals surface area contributed by atoms with Gasteiger partial charge in [-0.2, -0.15) is 0 Å². The van der Waals surface area contributed by atoms with Gasteiger partial charge in [0.25, 0.3) is 0 Å². The molecule has 0 aromatic heterocycles. The van der Waals surface area contributed by atoms with Gasteiger partial charge in [-0.15, -0.1) is 0 Å². The van der Waals surface area contributed by atoms with Crippen LogP contribution in [0.3, 0.4) is 0 Å². The van der Waals surface area contributed by atoms with Gasteiger partial charge in [0.15, 0.2) is 0 Å². The van der Waals surface area contributed by atoms with Crippen LogP contribution in [-0.4, -0.2) is 31.3 Å². The molecule has 0 radical (unpaired) electrons. The first-order valence-corrected chi connectivity index (χ1v) is 5.61. The van der Waals surface area contributed by atoms with Gasteiger partial charge in [-0.25, -0.2) is 4.39 Å². The quantitative estimate of drug-likeness (QED) is 0.794. The Morgan fingerprint density at radius 3 is 2.69 bits per heavy atom. The lowest BCUT2D eigenvalue weighted by atomic mass is 10.1. The van der Waals surface area contributed by atoms with Gasteiger partial charge in [-0.05, 0) is 25.1 Å². The molecule has 1 aliphatic rings. The van der Waals surface area contributed by atoms with Gasteiger partial charge in [-0.1, -0.05) is 0 Å². The van der Waals surface area contributed by atoms with Crippen LogP contribution in [0.5, 0.6) is 0 Å². The van der Waals surface area contributed by atoms with Crippen LogP contribution in [0, 0.1) is 5.82 Å². The molecule has 1 aromatic rings. The Bertz CT molecular complexity index is 362. The zero-order valence-corrected chi connectivity index (χ0v) is 9.41. The van der Waals surface area contributed by atoms with Crippen LogP contribution in [-0.2, 0) is 0 Å². The lowest BCUT2D eigenvalue weighted by Crippen LogP contribution is -2.44. The molecule has 1 heterocycles. The average molecular weight is 224 g/mol. The van der Waals surface area contributed by atoms with E-state index in [1.165, 1.54) is 12.1 Å². The van der Waals surface area contributed by atoms with E-state index >= 15 is 0 Å². The van der Waals surface area contributed by atoms with E-state index in [0.717, 1.165) is 31.9 Å². The molecule has 1 aromatic carbocycles. The second-order valence-corrected chi connectivity index (χ2v) is 4.12. The summed E-state index contributed by atoms with van der Waals surface area (Å²) < 4.78 is 13.1. The van der Waals surface area contributed by atoms with Crippen LogP contribution in [0.25, 0.3) is 0 Å². The molecule has 1 saturated heterocycles. The van der Waals surface area contributed by atoms with Crippen molar-refractivity contribution in [1.29, 1.82) is 0 Å². The topological polar surface area (TPSA) is 35.5 Å². The van der Waals surface area contributed by atoms with Crippen molar-refractivity contribution in [1.82, 2.24) is 5.32 Å². The fraction of sp³-hybridized carbons (Fsp3) is 0.500. The number of aliphatic hydroxyl groups is 1. The van der Waals surface area contributed by atoms with E-state index in [1.54, 1.807) is 13.0 Å². The Hall–Kier alpha value is -1.13. The molecule has 4 heteroatoms. The van der Waals surface area contributed by atoms with E-state index < -0.39 is 6.10 Å². The first-order chi connectivity index (χ1) is 7.68. The van der Waals surface area contributed by atoms with Crippen LogP contribution in [0.1, 0.15) is 18.6 Å². The molecule has 1 fully saturated rings. The molecule has 0 saturated carbocycles. The van der Waals surface area contributed by atoms with Gasteiger partial charge < -0.3 is 15.3 Å². The minimum atomic E-state index is -0.638. The number of anilines is 1. The maximum absolute atomic E-state index is 13.1. The van der Waals surface area contributed by atoms with Gasteiger partial charge in [-0.3, -0.25) is 0 Å². The summed E-state index contributed by atoms with van der Waals surface area (Å²) in [5, 5.41) is 12.9. The van der Waals surface area contributed by atoms with E-state index in [9.17, 15) is 9.50 Å². The van der Waals surface area contributed by atoms with E-state index in [1.807, 2.05) is 0 Å². The maximum atomic E-state index is 13.1. The standard InChI is InChI=1S/C12H17FN2O/c1-9(16)11-8-10(13)2-3-12(11)15-6-4-14-5-7-15/h2-3,8-9,14,16H,4-7H2,1H3. The third kappa shape index (κ3) is 2.33. The first kappa shape index (κ1) is 11.4. The highest BCUT2D eigenvalue weighted by Gasteiger charge is 2.16. The van der Waals surface area contributed by atoms with Crippen molar-refractivity contribution >= 4 is 5.69 Å². The zero-order valence-electron chi connectivity index (χ0n) is 9.41. The van der Waals surface area contributed by atoms with Crippen molar-refractivity contribution in [2.45, 2.75) is 13.0 Å². The molecule has 2 rings (SSSR count). The Kier molecular flexibility index (Phi) is 3.41. The van der Waals surface area contributed by atoms with Gasteiger partial charge in [0.1, 0.15) is 5.82 Å². The fourth-order valence-electron chi connectivity index (χ4n) is 2.05. The van der Waals surface area contributed by atoms with E-state index in [4.69, 9.17) is 0 Å². The third-order valence-corrected chi connectivity index (χ3v) is 2.90. The zero-order chi connectivity index (χ0) is 11.5. The summed E-state index contributed by atoms with van der Waals surface area (Å²) in [6.45, 7) is 5.31. The molecule has 2 N–H and O–H groups in total. The SMILES string of the molecule is CC(O)c1cc(F)ccc1N1CCNCC1. The maximum Gasteiger partial charge on any atom is 0.123 e. The number of nitrogens with one attached hydrogen (secondary N) is 1. The Labute approximate surface area is 94.9 Å². The molecule has 16 heavy (non-hydrogen) atoms. The molecule has 3 nitrogen and oxygen atoms in total. The lowest BCUT2D eigenvalue weighted by Gasteiger charge is -2.31. The second-order valence-electron chi connectivity index (χ2n) is 4.12. The van der Waals surface area contributed by atoms with Crippen molar-refractivity contribution in [3.8, 4) is 0 Å². The van der Waals surface area contributed by atoms with Crippen LogP contribution < -0.4 is 10.2 Å². The summed E-state index contributed by atoms with van der Waals surface area (Å²) >= 11 is 0. The Balaban J connectivity index is 2.31. The number of rotatable bonds is 2. The molecule has 1 atom stereocenters.